The average Bonchev–Trinajstić information content (AvgIpc) is 2.68. The van der Waals surface area contributed by atoms with Crippen LogP contribution in [0.15, 0.2) is 28.7 Å². The van der Waals surface area contributed by atoms with Gasteiger partial charge >= 0.3 is 5.97 Å². The van der Waals surface area contributed by atoms with Gasteiger partial charge in [0.25, 0.3) is 0 Å². The first kappa shape index (κ1) is 16.0. The molecule has 1 aliphatic carbocycles. The molecule has 0 aliphatic heterocycles. The highest BCUT2D eigenvalue weighted by molar-refractivity contribution is 9.10. The van der Waals surface area contributed by atoms with Crippen molar-refractivity contribution in [2.75, 3.05) is 5.32 Å². The Morgan fingerprint density at radius 2 is 1.76 bits per heavy atom. The van der Waals surface area contributed by atoms with Crippen LogP contribution >= 0.6 is 15.9 Å². The number of rotatable bonds is 4. The molecule has 2 rings (SSSR count). The van der Waals surface area contributed by atoms with Crippen molar-refractivity contribution in [2.24, 2.45) is 5.41 Å². The van der Waals surface area contributed by atoms with Crippen LogP contribution in [0.5, 0.6) is 0 Å². The highest BCUT2D eigenvalue weighted by Gasteiger charge is 2.40. The summed E-state index contributed by atoms with van der Waals surface area (Å²) in [5, 5.41) is 12.4. The second-order valence-corrected chi connectivity index (χ2v) is 6.56. The zero-order valence-corrected chi connectivity index (χ0v) is 13.5. The van der Waals surface area contributed by atoms with Gasteiger partial charge in [-0.3, -0.25) is 9.59 Å². The molecule has 1 fully saturated rings. The molecule has 0 atom stereocenters. The monoisotopic (exact) mass is 353 g/mol. The molecule has 1 amide bonds. The van der Waals surface area contributed by atoms with E-state index in [0.29, 0.717) is 18.5 Å². The van der Waals surface area contributed by atoms with E-state index in [0.717, 1.165) is 30.2 Å². The fourth-order valence-corrected chi connectivity index (χ4v) is 3.32. The van der Waals surface area contributed by atoms with E-state index in [4.69, 9.17) is 0 Å². The molecule has 0 aromatic heterocycles. The molecule has 5 heteroatoms. The Kier molecular flexibility index (Phi) is 5.39. The number of nitrogens with one attached hydrogen (secondary N) is 1. The first-order valence-corrected chi connectivity index (χ1v) is 8.11. The van der Waals surface area contributed by atoms with Crippen LogP contribution in [0.2, 0.25) is 0 Å². The van der Waals surface area contributed by atoms with Gasteiger partial charge in [0.1, 0.15) is 0 Å². The molecule has 114 valence electrons. The average molecular weight is 354 g/mol. The van der Waals surface area contributed by atoms with Gasteiger partial charge in [0, 0.05) is 10.9 Å². The Labute approximate surface area is 133 Å². The molecule has 0 radical (unpaired) electrons. The Morgan fingerprint density at radius 1 is 1.14 bits per heavy atom. The topological polar surface area (TPSA) is 66.4 Å². The number of hydrogen-bond acceptors (Lipinski definition) is 2. The smallest absolute Gasteiger partial charge is 0.310 e. The molecular formula is C16H20BrNO3. The van der Waals surface area contributed by atoms with Crippen molar-refractivity contribution in [3.05, 3.63) is 28.7 Å². The summed E-state index contributed by atoms with van der Waals surface area (Å²) in [6.07, 6.45) is 5.10. The number of carboxylic acids is 1. The van der Waals surface area contributed by atoms with E-state index in [2.05, 4.69) is 21.2 Å². The highest BCUT2D eigenvalue weighted by Crippen LogP contribution is 2.39. The zero-order chi connectivity index (χ0) is 15.3. The normalized spacial score (nSPS) is 17.8. The molecule has 0 spiro atoms. The predicted molar refractivity (Wildman–Crippen MR) is 85.2 cm³/mol. The van der Waals surface area contributed by atoms with Crippen molar-refractivity contribution >= 4 is 33.5 Å². The molecule has 0 saturated heterocycles. The summed E-state index contributed by atoms with van der Waals surface area (Å²) >= 11 is 3.37. The minimum absolute atomic E-state index is 0.0453. The number of halogens is 1. The Hall–Kier alpha value is -1.36. The standard InChI is InChI=1S/C16H20BrNO3/c17-12-7-3-4-8-13(12)18-14(19)11-16(15(20)21)9-5-1-2-6-10-16/h3-4,7-8H,1-2,5-6,9-11H2,(H,18,19)(H,20,21). The van der Waals surface area contributed by atoms with E-state index in [1.54, 1.807) is 6.07 Å². The van der Waals surface area contributed by atoms with Gasteiger partial charge in [-0.25, -0.2) is 0 Å². The van der Waals surface area contributed by atoms with E-state index in [1.165, 1.54) is 0 Å². The number of anilines is 1. The van der Waals surface area contributed by atoms with E-state index < -0.39 is 11.4 Å². The Morgan fingerprint density at radius 3 is 2.33 bits per heavy atom. The molecule has 1 aromatic rings. The molecule has 1 saturated carbocycles. The SMILES string of the molecule is O=C(CC1(C(=O)O)CCCCCC1)Nc1ccccc1Br. The van der Waals surface area contributed by atoms with Crippen LogP contribution in [0, 0.1) is 5.41 Å². The number of amides is 1. The van der Waals surface area contributed by atoms with Crippen LogP contribution in [0.4, 0.5) is 5.69 Å². The third-order valence-electron chi connectivity index (χ3n) is 4.16. The summed E-state index contributed by atoms with van der Waals surface area (Å²) in [5.74, 6) is -1.07. The number of carbonyl (C=O) groups is 2. The fraction of sp³-hybridized carbons (Fsp3) is 0.500. The molecule has 1 aliphatic rings. The number of benzene rings is 1. The third-order valence-corrected chi connectivity index (χ3v) is 4.85. The Bertz CT molecular complexity index is 522. The molecular weight excluding hydrogens is 334 g/mol. The van der Waals surface area contributed by atoms with Crippen LogP contribution in [0.25, 0.3) is 0 Å². The summed E-state index contributed by atoms with van der Waals surface area (Å²) < 4.78 is 0.795. The largest absolute Gasteiger partial charge is 0.481 e. The second-order valence-electron chi connectivity index (χ2n) is 5.70. The zero-order valence-electron chi connectivity index (χ0n) is 11.9. The lowest BCUT2D eigenvalue weighted by Crippen LogP contribution is -2.35. The molecule has 0 bridgehead atoms. The van der Waals surface area contributed by atoms with Gasteiger partial charge in [-0.15, -0.1) is 0 Å². The van der Waals surface area contributed by atoms with Gasteiger partial charge in [-0.05, 0) is 40.9 Å². The summed E-state index contributed by atoms with van der Waals surface area (Å²) in [6.45, 7) is 0. The van der Waals surface area contributed by atoms with Crippen molar-refractivity contribution in [2.45, 2.75) is 44.9 Å². The van der Waals surface area contributed by atoms with E-state index in [9.17, 15) is 14.7 Å². The molecule has 4 nitrogen and oxygen atoms in total. The van der Waals surface area contributed by atoms with Crippen molar-refractivity contribution in [3.63, 3.8) is 0 Å². The lowest BCUT2D eigenvalue weighted by atomic mass is 9.77. The number of para-hydroxylation sites is 1. The molecule has 2 N–H and O–H groups in total. The maximum Gasteiger partial charge on any atom is 0.310 e. The number of hydrogen-bond donors (Lipinski definition) is 2. The molecule has 1 aromatic carbocycles. The molecule has 21 heavy (non-hydrogen) atoms. The number of aliphatic carboxylic acids is 1. The number of carbonyl (C=O) groups excluding carboxylic acids is 1. The quantitative estimate of drug-likeness (QED) is 0.797. The first-order chi connectivity index (χ1) is 10.0. The minimum atomic E-state index is -0.901. The Balaban J connectivity index is 2.08. The third kappa shape index (κ3) is 4.06. The van der Waals surface area contributed by atoms with Crippen molar-refractivity contribution in [3.8, 4) is 0 Å². The van der Waals surface area contributed by atoms with Gasteiger partial charge in [-0.1, -0.05) is 37.8 Å². The number of carboxylic acid groups (broad SMARTS) is 1. The lowest BCUT2D eigenvalue weighted by Gasteiger charge is -2.27. The lowest BCUT2D eigenvalue weighted by molar-refractivity contribution is -0.152. The van der Waals surface area contributed by atoms with Gasteiger partial charge < -0.3 is 10.4 Å². The first-order valence-electron chi connectivity index (χ1n) is 7.31. The van der Waals surface area contributed by atoms with E-state index >= 15 is 0 Å². The fourth-order valence-electron chi connectivity index (χ4n) is 2.94. The second kappa shape index (κ2) is 7.07. The van der Waals surface area contributed by atoms with Crippen LogP contribution in [0.1, 0.15) is 44.9 Å². The van der Waals surface area contributed by atoms with E-state index in [-0.39, 0.29) is 12.3 Å². The maximum absolute atomic E-state index is 12.3. The van der Waals surface area contributed by atoms with Crippen LogP contribution in [0.3, 0.4) is 0 Å². The summed E-state index contributed by atoms with van der Waals surface area (Å²) in [6, 6.07) is 7.33. The summed E-state index contributed by atoms with van der Waals surface area (Å²) in [7, 11) is 0. The van der Waals surface area contributed by atoms with Crippen molar-refractivity contribution in [1.82, 2.24) is 0 Å². The summed E-state index contributed by atoms with van der Waals surface area (Å²) in [4.78, 5) is 24.0. The van der Waals surface area contributed by atoms with Crippen LogP contribution in [-0.2, 0) is 9.59 Å². The van der Waals surface area contributed by atoms with Gasteiger partial charge in [-0.2, -0.15) is 0 Å². The summed E-state index contributed by atoms with van der Waals surface area (Å²) in [5.41, 5.74) is -0.223. The van der Waals surface area contributed by atoms with Gasteiger partial charge in [0.2, 0.25) is 5.91 Å². The van der Waals surface area contributed by atoms with Crippen molar-refractivity contribution in [1.29, 1.82) is 0 Å². The van der Waals surface area contributed by atoms with E-state index in [1.807, 2.05) is 18.2 Å². The van der Waals surface area contributed by atoms with Crippen LogP contribution < -0.4 is 5.32 Å². The molecule has 0 unspecified atom stereocenters. The highest BCUT2D eigenvalue weighted by atomic mass is 79.9. The van der Waals surface area contributed by atoms with Gasteiger partial charge in [0.05, 0.1) is 11.1 Å². The molecule has 0 heterocycles. The maximum atomic E-state index is 12.3. The predicted octanol–water partition coefficient (Wildman–Crippen LogP) is 4.20. The minimum Gasteiger partial charge on any atom is -0.481 e. The van der Waals surface area contributed by atoms with Crippen LogP contribution in [-0.4, -0.2) is 17.0 Å². The van der Waals surface area contributed by atoms with Gasteiger partial charge in [0.15, 0.2) is 0 Å². The van der Waals surface area contributed by atoms with Crippen molar-refractivity contribution < 1.29 is 14.7 Å².